The van der Waals surface area contributed by atoms with Gasteiger partial charge in [-0.05, 0) is 74.2 Å². The van der Waals surface area contributed by atoms with E-state index in [2.05, 4.69) is 0 Å². The van der Waals surface area contributed by atoms with Crippen molar-refractivity contribution in [2.45, 2.75) is 27.7 Å². The van der Waals surface area contributed by atoms with Crippen LogP contribution in [0.3, 0.4) is 0 Å². The van der Waals surface area contributed by atoms with E-state index in [0.717, 1.165) is 22.3 Å². The molecule has 104 valence electrons. The van der Waals surface area contributed by atoms with Gasteiger partial charge in [0.2, 0.25) is 0 Å². The molecule has 2 rings (SSSR count). The lowest BCUT2D eigenvalue weighted by atomic mass is 10.1. The maximum Gasteiger partial charge on any atom is 0.785 e. The zero-order chi connectivity index (χ0) is 14.7. The van der Waals surface area contributed by atoms with Gasteiger partial charge in [-0.3, -0.25) is 0 Å². The third-order valence-electron chi connectivity index (χ3n) is 2.86. The van der Waals surface area contributed by atoms with Gasteiger partial charge in [0.15, 0.2) is 0 Å². The average molecular weight is 270 g/mol. The molecule has 0 amide bonds. The van der Waals surface area contributed by atoms with Crippen LogP contribution in [0.4, 0.5) is 0 Å². The summed E-state index contributed by atoms with van der Waals surface area (Å²) in [6, 6.07) is 11.5. The van der Waals surface area contributed by atoms with Crippen LogP contribution < -0.4 is 9.31 Å². The van der Waals surface area contributed by atoms with Gasteiger partial charge < -0.3 is 14.3 Å². The maximum absolute atomic E-state index is 9.88. The standard InChI is InChI=1S/C16H19BO3/c1-11-5-12(2)8-15(7-11)19-17(18)20-16-9-13(3)6-14(4)10-16/h5-10,18H,1-4H3. The van der Waals surface area contributed by atoms with Gasteiger partial charge in [-0.25, -0.2) is 0 Å². The molecule has 0 aliphatic carbocycles. The summed E-state index contributed by atoms with van der Waals surface area (Å²) >= 11 is 0. The normalized spacial score (nSPS) is 10.2. The summed E-state index contributed by atoms with van der Waals surface area (Å²) in [5.41, 5.74) is 4.33. The molecule has 0 radical (unpaired) electrons. The first kappa shape index (κ1) is 14.5. The number of hydrogen-bond donors (Lipinski definition) is 1. The van der Waals surface area contributed by atoms with Gasteiger partial charge in [0.25, 0.3) is 0 Å². The highest BCUT2D eigenvalue weighted by Gasteiger charge is 2.21. The molecule has 0 saturated heterocycles. The molecule has 1 N–H and O–H groups in total. The summed E-state index contributed by atoms with van der Waals surface area (Å²) in [5.74, 6) is 1.19. The van der Waals surface area contributed by atoms with Crippen LogP contribution in [0.1, 0.15) is 22.3 Å². The van der Waals surface area contributed by atoms with E-state index in [1.54, 1.807) is 0 Å². The average Bonchev–Trinajstić information content (AvgIpc) is 2.24. The first-order valence-electron chi connectivity index (χ1n) is 6.60. The molecule has 0 aliphatic heterocycles. The first-order valence-corrected chi connectivity index (χ1v) is 6.60. The molecule has 0 saturated carbocycles. The fourth-order valence-electron chi connectivity index (χ4n) is 2.26. The second kappa shape index (κ2) is 6.01. The summed E-state index contributed by atoms with van der Waals surface area (Å²) in [7, 11) is -1.32. The summed E-state index contributed by atoms with van der Waals surface area (Å²) in [6.45, 7) is 7.93. The van der Waals surface area contributed by atoms with E-state index in [4.69, 9.17) is 9.31 Å². The molecule has 20 heavy (non-hydrogen) atoms. The predicted molar refractivity (Wildman–Crippen MR) is 81.1 cm³/mol. The molecule has 0 fully saturated rings. The molecule has 3 nitrogen and oxygen atoms in total. The largest absolute Gasteiger partial charge is 0.785 e. The fourth-order valence-corrected chi connectivity index (χ4v) is 2.26. The third kappa shape index (κ3) is 4.03. The van der Waals surface area contributed by atoms with E-state index < -0.39 is 7.32 Å². The van der Waals surface area contributed by atoms with E-state index in [9.17, 15) is 5.02 Å². The van der Waals surface area contributed by atoms with Gasteiger partial charge >= 0.3 is 7.32 Å². The van der Waals surface area contributed by atoms with E-state index in [0.29, 0.717) is 11.5 Å². The Morgan fingerprint density at radius 3 is 1.25 bits per heavy atom. The van der Waals surface area contributed by atoms with Crippen LogP contribution in [-0.2, 0) is 0 Å². The molecular formula is C16H19BO3. The van der Waals surface area contributed by atoms with Gasteiger partial charge in [-0.15, -0.1) is 0 Å². The van der Waals surface area contributed by atoms with Gasteiger partial charge in [-0.1, -0.05) is 12.1 Å². The molecule has 2 aromatic rings. The minimum absolute atomic E-state index is 0.597. The van der Waals surface area contributed by atoms with Crippen molar-refractivity contribution in [3.8, 4) is 11.5 Å². The van der Waals surface area contributed by atoms with E-state index in [1.165, 1.54) is 0 Å². The number of rotatable bonds is 4. The zero-order valence-electron chi connectivity index (χ0n) is 12.3. The number of benzene rings is 2. The predicted octanol–water partition coefficient (Wildman–Crippen LogP) is 3.36. The molecular weight excluding hydrogens is 251 g/mol. The van der Waals surface area contributed by atoms with Crippen LogP contribution in [-0.4, -0.2) is 12.3 Å². The first-order chi connectivity index (χ1) is 9.42. The lowest BCUT2D eigenvalue weighted by Gasteiger charge is -2.13. The molecule has 2 aromatic carbocycles. The Kier molecular flexibility index (Phi) is 4.35. The van der Waals surface area contributed by atoms with Gasteiger partial charge in [0.1, 0.15) is 11.5 Å². The van der Waals surface area contributed by atoms with Crippen molar-refractivity contribution in [3.05, 3.63) is 58.7 Å². The quantitative estimate of drug-likeness (QED) is 0.866. The molecule has 0 heterocycles. The monoisotopic (exact) mass is 270 g/mol. The second-order valence-electron chi connectivity index (χ2n) is 5.19. The van der Waals surface area contributed by atoms with Crippen molar-refractivity contribution in [3.63, 3.8) is 0 Å². The molecule has 0 aliphatic rings. The molecule has 0 aromatic heterocycles. The van der Waals surface area contributed by atoms with Crippen LogP contribution >= 0.6 is 0 Å². The Balaban J connectivity index is 2.06. The Labute approximate surface area is 120 Å². The lowest BCUT2D eigenvalue weighted by molar-refractivity contribution is 0.297. The number of hydrogen-bond acceptors (Lipinski definition) is 3. The van der Waals surface area contributed by atoms with Crippen molar-refractivity contribution < 1.29 is 14.3 Å². The van der Waals surface area contributed by atoms with E-state index >= 15 is 0 Å². The van der Waals surface area contributed by atoms with Crippen molar-refractivity contribution in [2.24, 2.45) is 0 Å². The topological polar surface area (TPSA) is 38.7 Å². The molecule has 0 unspecified atom stereocenters. The van der Waals surface area contributed by atoms with Crippen molar-refractivity contribution >= 4 is 7.32 Å². The Morgan fingerprint density at radius 1 is 0.650 bits per heavy atom. The van der Waals surface area contributed by atoms with Gasteiger partial charge in [0, 0.05) is 0 Å². The minimum atomic E-state index is -1.32. The SMILES string of the molecule is Cc1cc(C)cc(OB(O)Oc2cc(C)cc(C)c2)c1. The summed E-state index contributed by atoms with van der Waals surface area (Å²) in [5, 5.41) is 9.88. The zero-order valence-corrected chi connectivity index (χ0v) is 12.3. The van der Waals surface area contributed by atoms with Crippen LogP contribution in [0.2, 0.25) is 0 Å². The maximum atomic E-state index is 9.88. The van der Waals surface area contributed by atoms with Crippen LogP contribution in [0.15, 0.2) is 36.4 Å². The van der Waals surface area contributed by atoms with Crippen LogP contribution in [0.5, 0.6) is 11.5 Å². The molecule has 0 spiro atoms. The summed E-state index contributed by atoms with van der Waals surface area (Å²) < 4.78 is 10.8. The summed E-state index contributed by atoms with van der Waals surface area (Å²) in [6.07, 6.45) is 0. The highest BCUT2D eigenvalue weighted by atomic mass is 16.7. The minimum Gasteiger partial charge on any atom is -0.501 e. The Hall–Kier alpha value is -1.94. The van der Waals surface area contributed by atoms with Crippen molar-refractivity contribution in [1.82, 2.24) is 0 Å². The third-order valence-corrected chi connectivity index (χ3v) is 2.86. The van der Waals surface area contributed by atoms with E-state index in [1.807, 2.05) is 64.1 Å². The van der Waals surface area contributed by atoms with E-state index in [-0.39, 0.29) is 0 Å². The molecule has 4 heteroatoms. The van der Waals surface area contributed by atoms with Gasteiger partial charge in [-0.2, -0.15) is 0 Å². The number of aryl methyl sites for hydroxylation is 4. The molecule has 0 atom stereocenters. The lowest BCUT2D eigenvalue weighted by Crippen LogP contribution is -2.29. The fraction of sp³-hybridized carbons (Fsp3) is 0.250. The van der Waals surface area contributed by atoms with Crippen LogP contribution in [0.25, 0.3) is 0 Å². The van der Waals surface area contributed by atoms with Gasteiger partial charge in [0.05, 0.1) is 0 Å². The highest BCUT2D eigenvalue weighted by molar-refractivity contribution is 6.36. The Bertz CT molecular complexity index is 517. The van der Waals surface area contributed by atoms with Crippen LogP contribution in [0, 0.1) is 27.7 Å². The molecule has 0 bridgehead atoms. The second-order valence-corrected chi connectivity index (χ2v) is 5.19. The van der Waals surface area contributed by atoms with Crippen molar-refractivity contribution in [2.75, 3.05) is 0 Å². The smallest absolute Gasteiger partial charge is 0.501 e. The Morgan fingerprint density at radius 2 is 0.950 bits per heavy atom. The van der Waals surface area contributed by atoms with Crippen molar-refractivity contribution in [1.29, 1.82) is 0 Å². The summed E-state index contributed by atoms with van der Waals surface area (Å²) in [4.78, 5) is 0. The highest BCUT2D eigenvalue weighted by Crippen LogP contribution is 2.19.